The van der Waals surface area contributed by atoms with Gasteiger partial charge in [0, 0.05) is 44.7 Å². The number of aliphatic imine (C=N–C) groups is 1. The third-order valence-corrected chi connectivity index (χ3v) is 3.96. The van der Waals surface area contributed by atoms with Gasteiger partial charge < -0.3 is 25.8 Å². The number of rotatable bonds is 10. The van der Waals surface area contributed by atoms with Crippen LogP contribution in [0.1, 0.15) is 39.5 Å². The summed E-state index contributed by atoms with van der Waals surface area (Å²) in [4.78, 5) is 16.2. The maximum absolute atomic E-state index is 11.6. The highest BCUT2D eigenvalue weighted by Gasteiger charge is 2.34. The zero-order valence-electron chi connectivity index (χ0n) is 14.5. The van der Waals surface area contributed by atoms with E-state index in [4.69, 9.17) is 4.74 Å². The van der Waals surface area contributed by atoms with E-state index in [1.165, 1.54) is 0 Å². The van der Waals surface area contributed by atoms with Crippen LogP contribution in [0.4, 0.5) is 0 Å². The Labute approximate surface area is 139 Å². The predicted molar refractivity (Wildman–Crippen MR) is 91.5 cm³/mol. The summed E-state index contributed by atoms with van der Waals surface area (Å²) in [5, 5.41) is 18.5. The molecular weight excluding hydrogens is 296 g/mol. The van der Waals surface area contributed by atoms with E-state index in [9.17, 15) is 9.90 Å². The molecule has 1 fully saturated rings. The van der Waals surface area contributed by atoms with Crippen LogP contribution in [0.15, 0.2) is 4.99 Å². The van der Waals surface area contributed by atoms with Gasteiger partial charge in [0.05, 0.1) is 13.2 Å². The molecule has 0 radical (unpaired) electrons. The van der Waals surface area contributed by atoms with Crippen LogP contribution >= 0.6 is 0 Å². The van der Waals surface area contributed by atoms with Crippen molar-refractivity contribution in [2.75, 3.05) is 46.0 Å². The number of aliphatic hydroxyl groups excluding tert-OH is 1. The number of carbonyl (C=O) groups is 1. The summed E-state index contributed by atoms with van der Waals surface area (Å²) >= 11 is 0. The van der Waals surface area contributed by atoms with Crippen LogP contribution < -0.4 is 16.0 Å². The van der Waals surface area contributed by atoms with Crippen molar-refractivity contribution < 1.29 is 14.6 Å². The van der Waals surface area contributed by atoms with Gasteiger partial charge in [-0.1, -0.05) is 6.92 Å². The molecule has 4 N–H and O–H groups in total. The van der Waals surface area contributed by atoms with Crippen molar-refractivity contribution in [2.24, 2.45) is 10.4 Å². The largest absolute Gasteiger partial charge is 0.396 e. The molecule has 7 heteroatoms. The van der Waals surface area contributed by atoms with Crippen molar-refractivity contribution in [2.45, 2.75) is 39.5 Å². The topological polar surface area (TPSA) is 95.0 Å². The first kappa shape index (κ1) is 19.7. The molecule has 1 amide bonds. The van der Waals surface area contributed by atoms with Crippen LogP contribution in [0, 0.1) is 5.41 Å². The van der Waals surface area contributed by atoms with Gasteiger partial charge in [-0.2, -0.15) is 0 Å². The average Bonchev–Trinajstić information content (AvgIpc) is 3.00. The van der Waals surface area contributed by atoms with Crippen molar-refractivity contribution in [1.29, 1.82) is 0 Å². The molecule has 1 heterocycles. The number of carbonyl (C=O) groups excluding carboxylic acids is 1. The number of amides is 1. The Morgan fingerprint density at radius 2 is 2.09 bits per heavy atom. The number of aliphatic hydroxyl groups is 1. The molecule has 0 aromatic rings. The average molecular weight is 328 g/mol. The fourth-order valence-corrected chi connectivity index (χ4v) is 2.52. The lowest BCUT2D eigenvalue weighted by molar-refractivity contribution is -0.120. The summed E-state index contributed by atoms with van der Waals surface area (Å²) in [6.45, 7) is 8.22. The molecule has 7 nitrogen and oxygen atoms in total. The first-order valence-electron chi connectivity index (χ1n) is 8.63. The van der Waals surface area contributed by atoms with Crippen molar-refractivity contribution in [3.05, 3.63) is 0 Å². The Hall–Kier alpha value is -1.34. The van der Waals surface area contributed by atoms with E-state index in [1.807, 2.05) is 13.8 Å². The molecule has 0 aromatic carbocycles. The maximum atomic E-state index is 11.6. The smallest absolute Gasteiger partial charge is 0.221 e. The highest BCUT2D eigenvalue weighted by atomic mass is 16.5. The van der Waals surface area contributed by atoms with Gasteiger partial charge in [-0.15, -0.1) is 0 Å². The van der Waals surface area contributed by atoms with E-state index in [0.717, 1.165) is 32.5 Å². The number of hydrogen-bond donors (Lipinski definition) is 4. The normalized spacial score (nSPS) is 21.3. The molecule has 1 rings (SSSR count). The summed E-state index contributed by atoms with van der Waals surface area (Å²) < 4.78 is 5.48. The Morgan fingerprint density at radius 1 is 1.26 bits per heavy atom. The molecule has 1 aliphatic heterocycles. The summed E-state index contributed by atoms with van der Waals surface area (Å²) in [7, 11) is 0. The fraction of sp³-hybridized carbons (Fsp3) is 0.875. The van der Waals surface area contributed by atoms with Gasteiger partial charge in [-0.25, -0.2) is 0 Å². The SMILES string of the molecule is CCCNC(=O)CCNC(=NCC1(CCO)CCOC1)NCC. The number of nitrogens with zero attached hydrogens (tertiary/aromatic N) is 1. The lowest BCUT2D eigenvalue weighted by atomic mass is 9.84. The standard InChI is InChI=1S/C16H32N4O3/c1-3-8-18-14(22)5-9-19-15(17-4-2)20-12-16(6-10-21)7-11-23-13-16/h21H,3-13H2,1-2H3,(H,18,22)(H2,17,19,20). The molecule has 23 heavy (non-hydrogen) atoms. The minimum absolute atomic E-state index is 0.0520. The molecule has 1 atom stereocenters. The second-order valence-corrected chi connectivity index (χ2v) is 6.00. The van der Waals surface area contributed by atoms with Crippen molar-refractivity contribution >= 4 is 11.9 Å². The minimum Gasteiger partial charge on any atom is -0.396 e. The lowest BCUT2D eigenvalue weighted by Gasteiger charge is -2.24. The van der Waals surface area contributed by atoms with Crippen LogP contribution in [0.2, 0.25) is 0 Å². The molecule has 1 unspecified atom stereocenters. The van der Waals surface area contributed by atoms with Crippen LogP contribution in [-0.4, -0.2) is 63.0 Å². The molecule has 1 aliphatic rings. The molecular formula is C16H32N4O3. The third-order valence-electron chi connectivity index (χ3n) is 3.96. The van der Waals surface area contributed by atoms with Gasteiger partial charge in [0.2, 0.25) is 5.91 Å². The lowest BCUT2D eigenvalue weighted by Crippen LogP contribution is -2.40. The maximum Gasteiger partial charge on any atom is 0.221 e. The number of hydrogen-bond acceptors (Lipinski definition) is 4. The molecule has 0 saturated carbocycles. The summed E-state index contributed by atoms with van der Waals surface area (Å²) in [5.41, 5.74) is -0.0599. The Balaban J connectivity index is 2.44. The van der Waals surface area contributed by atoms with Crippen LogP contribution in [0.25, 0.3) is 0 Å². The monoisotopic (exact) mass is 328 g/mol. The van der Waals surface area contributed by atoms with Crippen LogP contribution in [0.5, 0.6) is 0 Å². The van der Waals surface area contributed by atoms with Crippen molar-refractivity contribution in [1.82, 2.24) is 16.0 Å². The Bertz CT molecular complexity index is 368. The molecule has 1 saturated heterocycles. The van der Waals surface area contributed by atoms with E-state index in [0.29, 0.717) is 38.5 Å². The van der Waals surface area contributed by atoms with E-state index >= 15 is 0 Å². The first-order valence-corrected chi connectivity index (χ1v) is 8.63. The second-order valence-electron chi connectivity index (χ2n) is 6.00. The highest BCUT2D eigenvalue weighted by molar-refractivity contribution is 5.81. The number of ether oxygens (including phenoxy) is 1. The second kappa shape index (κ2) is 11.2. The summed E-state index contributed by atoms with van der Waals surface area (Å²) in [5.74, 6) is 0.760. The van der Waals surface area contributed by atoms with E-state index < -0.39 is 0 Å². The van der Waals surface area contributed by atoms with E-state index in [2.05, 4.69) is 20.9 Å². The van der Waals surface area contributed by atoms with Crippen molar-refractivity contribution in [3.63, 3.8) is 0 Å². The zero-order chi connectivity index (χ0) is 17.0. The van der Waals surface area contributed by atoms with Gasteiger partial charge in [-0.3, -0.25) is 9.79 Å². The van der Waals surface area contributed by atoms with Crippen LogP contribution in [0.3, 0.4) is 0 Å². The van der Waals surface area contributed by atoms with Gasteiger partial charge in [0.1, 0.15) is 0 Å². The van der Waals surface area contributed by atoms with E-state index in [1.54, 1.807) is 0 Å². The molecule has 134 valence electrons. The molecule has 0 bridgehead atoms. The number of guanidine groups is 1. The van der Waals surface area contributed by atoms with Gasteiger partial charge >= 0.3 is 0 Å². The van der Waals surface area contributed by atoms with Gasteiger partial charge in [0.15, 0.2) is 5.96 Å². The van der Waals surface area contributed by atoms with Crippen LogP contribution in [-0.2, 0) is 9.53 Å². The zero-order valence-corrected chi connectivity index (χ0v) is 14.5. The summed E-state index contributed by atoms with van der Waals surface area (Å²) in [6, 6.07) is 0. The quantitative estimate of drug-likeness (QED) is 0.341. The Kier molecular flexibility index (Phi) is 9.63. The first-order chi connectivity index (χ1) is 11.2. The number of nitrogens with one attached hydrogen (secondary N) is 3. The van der Waals surface area contributed by atoms with Gasteiger partial charge in [0.25, 0.3) is 0 Å². The van der Waals surface area contributed by atoms with Gasteiger partial charge in [-0.05, 0) is 26.2 Å². The highest BCUT2D eigenvalue weighted by Crippen LogP contribution is 2.32. The molecule has 0 spiro atoms. The Morgan fingerprint density at radius 3 is 2.70 bits per heavy atom. The minimum atomic E-state index is -0.0599. The third kappa shape index (κ3) is 7.65. The van der Waals surface area contributed by atoms with E-state index in [-0.39, 0.29) is 17.9 Å². The molecule has 0 aromatic heterocycles. The predicted octanol–water partition coefficient (Wildman–Crippen LogP) is 0.247. The molecule has 0 aliphatic carbocycles. The fourth-order valence-electron chi connectivity index (χ4n) is 2.52. The summed E-state index contributed by atoms with van der Waals surface area (Å²) in [6.07, 6.45) is 3.00. The van der Waals surface area contributed by atoms with Crippen molar-refractivity contribution in [3.8, 4) is 0 Å².